The molecule has 1 N–H and O–H groups in total. The first kappa shape index (κ1) is 18.7. The third-order valence-corrected chi connectivity index (χ3v) is 5.02. The van der Waals surface area contributed by atoms with E-state index in [1.165, 1.54) is 17.4 Å². The number of thiazole rings is 1. The van der Waals surface area contributed by atoms with Crippen molar-refractivity contribution in [3.05, 3.63) is 69.9 Å². The highest BCUT2D eigenvalue weighted by Gasteiger charge is 2.16. The lowest BCUT2D eigenvalue weighted by atomic mass is 10.1. The summed E-state index contributed by atoms with van der Waals surface area (Å²) < 4.78 is 16.2. The molecule has 4 rings (SSSR count). The molecule has 0 fully saturated rings. The summed E-state index contributed by atoms with van der Waals surface area (Å²) in [5.41, 5.74) is 1.44. The first-order valence-electron chi connectivity index (χ1n) is 8.61. The number of aromatic nitrogens is 1. The van der Waals surface area contributed by atoms with Gasteiger partial charge in [0.2, 0.25) is 0 Å². The molecule has 0 saturated heterocycles. The second-order valence-electron chi connectivity index (χ2n) is 6.03. The number of methoxy groups -OCH3 is 2. The maximum absolute atomic E-state index is 12.6. The van der Waals surface area contributed by atoms with Gasteiger partial charge in [-0.15, -0.1) is 11.3 Å². The van der Waals surface area contributed by atoms with E-state index in [1.54, 1.807) is 56.0 Å². The SMILES string of the molecule is COc1ccc(OC)c(-c2csc(NC(=O)c3cc(=O)c4ccccc4o3)n2)c1. The Labute approximate surface area is 169 Å². The number of carbonyl (C=O) groups is 1. The van der Waals surface area contributed by atoms with Crippen molar-refractivity contribution >= 4 is 33.3 Å². The van der Waals surface area contributed by atoms with Gasteiger partial charge in [-0.05, 0) is 30.3 Å². The molecule has 0 bridgehead atoms. The highest BCUT2D eigenvalue weighted by atomic mass is 32.1. The summed E-state index contributed by atoms with van der Waals surface area (Å²) in [4.78, 5) is 29.2. The molecular formula is C21H16N2O5S. The van der Waals surface area contributed by atoms with Crippen LogP contribution in [0.3, 0.4) is 0 Å². The second-order valence-corrected chi connectivity index (χ2v) is 6.89. The van der Waals surface area contributed by atoms with Gasteiger partial charge in [-0.3, -0.25) is 14.9 Å². The van der Waals surface area contributed by atoms with Gasteiger partial charge in [0.05, 0.1) is 25.3 Å². The minimum Gasteiger partial charge on any atom is -0.497 e. The average molecular weight is 408 g/mol. The van der Waals surface area contributed by atoms with E-state index >= 15 is 0 Å². The zero-order valence-electron chi connectivity index (χ0n) is 15.6. The number of nitrogens with zero attached hydrogens (tertiary/aromatic N) is 1. The van der Waals surface area contributed by atoms with Gasteiger partial charge in [0, 0.05) is 17.0 Å². The Balaban J connectivity index is 1.62. The number of benzene rings is 2. The van der Waals surface area contributed by atoms with Crippen LogP contribution in [0.1, 0.15) is 10.6 Å². The largest absolute Gasteiger partial charge is 0.497 e. The summed E-state index contributed by atoms with van der Waals surface area (Å²) in [5, 5.41) is 5.25. The Morgan fingerprint density at radius 2 is 1.93 bits per heavy atom. The number of ether oxygens (including phenoxy) is 2. The topological polar surface area (TPSA) is 90.7 Å². The van der Waals surface area contributed by atoms with Crippen LogP contribution >= 0.6 is 11.3 Å². The number of hydrogen-bond acceptors (Lipinski definition) is 7. The van der Waals surface area contributed by atoms with Crippen molar-refractivity contribution < 1.29 is 18.7 Å². The van der Waals surface area contributed by atoms with Crippen LogP contribution in [0.5, 0.6) is 11.5 Å². The third kappa shape index (κ3) is 3.70. The maximum atomic E-state index is 12.6. The van der Waals surface area contributed by atoms with E-state index in [2.05, 4.69) is 10.3 Å². The standard InChI is InChI=1S/C21H16N2O5S/c1-26-12-7-8-17(27-2)14(9-12)15-11-29-21(22-15)23-20(25)19-10-16(24)13-5-3-4-6-18(13)28-19/h3-11H,1-2H3,(H,22,23,25). The normalized spacial score (nSPS) is 10.7. The number of nitrogens with one attached hydrogen (secondary N) is 1. The molecule has 0 atom stereocenters. The zero-order valence-corrected chi connectivity index (χ0v) is 16.4. The van der Waals surface area contributed by atoms with Gasteiger partial charge in [0.15, 0.2) is 16.3 Å². The quantitative estimate of drug-likeness (QED) is 0.533. The van der Waals surface area contributed by atoms with Crippen molar-refractivity contribution in [2.45, 2.75) is 0 Å². The van der Waals surface area contributed by atoms with Crippen molar-refractivity contribution in [3.8, 4) is 22.8 Å². The number of fused-ring (bicyclic) bond motifs is 1. The molecule has 0 spiro atoms. The predicted molar refractivity (Wildman–Crippen MR) is 111 cm³/mol. The van der Waals surface area contributed by atoms with Gasteiger partial charge in [0.25, 0.3) is 5.91 Å². The van der Waals surface area contributed by atoms with Crippen LogP contribution in [-0.4, -0.2) is 25.1 Å². The Bertz CT molecular complexity index is 1260. The molecule has 0 saturated carbocycles. The van der Waals surface area contributed by atoms with Crippen molar-refractivity contribution in [1.82, 2.24) is 4.98 Å². The molecule has 2 aromatic carbocycles. The Kier molecular flexibility index (Phi) is 5.01. The summed E-state index contributed by atoms with van der Waals surface area (Å²) in [6, 6.07) is 13.3. The molecule has 1 amide bonds. The monoisotopic (exact) mass is 408 g/mol. The van der Waals surface area contributed by atoms with E-state index in [4.69, 9.17) is 13.9 Å². The molecule has 2 aromatic heterocycles. The molecule has 0 aliphatic rings. The van der Waals surface area contributed by atoms with Gasteiger partial charge >= 0.3 is 0 Å². The average Bonchev–Trinajstić information content (AvgIpc) is 3.21. The van der Waals surface area contributed by atoms with E-state index in [-0.39, 0.29) is 11.2 Å². The molecule has 146 valence electrons. The molecule has 4 aromatic rings. The fraction of sp³-hybridized carbons (Fsp3) is 0.0952. The molecule has 7 nitrogen and oxygen atoms in total. The third-order valence-electron chi connectivity index (χ3n) is 4.27. The van der Waals surface area contributed by atoms with E-state index in [0.29, 0.717) is 33.3 Å². The van der Waals surface area contributed by atoms with Crippen LogP contribution < -0.4 is 20.2 Å². The maximum Gasteiger partial charge on any atom is 0.293 e. The minimum absolute atomic E-state index is 0.0792. The first-order valence-corrected chi connectivity index (χ1v) is 9.49. The summed E-state index contributed by atoms with van der Waals surface area (Å²) in [5.74, 6) is 0.669. The van der Waals surface area contributed by atoms with E-state index in [9.17, 15) is 9.59 Å². The van der Waals surface area contributed by atoms with Crippen molar-refractivity contribution in [2.75, 3.05) is 19.5 Å². The molecule has 0 unspecified atom stereocenters. The summed E-state index contributed by atoms with van der Waals surface area (Å²) in [6.45, 7) is 0. The Hall–Kier alpha value is -3.65. The molecular weight excluding hydrogens is 392 g/mol. The van der Waals surface area contributed by atoms with Crippen LogP contribution in [0.2, 0.25) is 0 Å². The first-order chi connectivity index (χ1) is 14.1. The van der Waals surface area contributed by atoms with Gasteiger partial charge in [-0.1, -0.05) is 12.1 Å². The number of hydrogen-bond donors (Lipinski definition) is 1. The lowest BCUT2D eigenvalue weighted by molar-refractivity contribution is 0.0997. The Morgan fingerprint density at radius 3 is 2.72 bits per heavy atom. The predicted octanol–water partition coefficient (Wildman–Crippen LogP) is 4.19. The highest BCUT2D eigenvalue weighted by molar-refractivity contribution is 7.14. The summed E-state index contributed by atoms with van der Waals surface area (Å²) in [7, 11) is 3.15. The van der Waals surface area contributed by atoms with E-state index in [0.717, 1.165) is 5.56 Å². The van der Waals surface area contributed by atoms with Crippen molar-refractivity contribution in [3.63, 3.8) is 0 Å². The molecule has 0 aliphatic heterocycles. The van der Waals surface area contributed by atoms with Crippen LogP contribution in [0.4, 0.5) is 5.13 Å². The molecule has 8 heteroatoms. The number of rotatable bonds is 5. The van der Waals surface area contributed by atoms with Gasteiger partial charge < -0.3 is 13.9 Å². The fourth-order valence-corrected chi connectivity index (χ4v) is 3.55. The number of carbonyl (C=O) groups excluding carboxylic acids is 1. The van der Waals surface area contributed by atoms with Gasteiger partial charge in [-0.25, -0.2) is 4.98 Å². The molecule has 2 heterocycles. The van der Waals surface area contributed by atoms with Crippen LogP contribution in [0.25, 0.3) is 22.2 Å². The van der Waals surface area contributed by atoms with E-state index in [1.807, 2.05) is 6.07 Å². The Morgan fingerprint density at radius 1 is 1.10 bits per heavy atom. The van der Waals surface area contributed by atoms with Crippen LogP contribution in [0.15, 0.2) is 63.1 Å². The van der Waals surface area contributed by atoms with Crippen molar-refractivity contribution in [1.29, 1.82) is 0 Å². The molecule has 0 radical (unpaired) electrons. The van der Waals surface area contributed by atoms with Gasteiger partial charge in [0.1, 0.15) is 17.1 Å². The number of amides is 1. The zero-order chi connectivity index (χ0) is 20.4. The lowest BCUT2D eigenvalue weighted by Crippen LogP contribution is -2.14. The second kappa shape index (κ2) is 7.76. The lowest BCUT2D eigenvalue weighted by Gasteiger charge is -2.08. The highest BCUT2D eigenvalue weighted by Crippen LogP contribution is 2.35. The molecule has 29 heavy (non-hydrogen) atoms. The van der Waals surface area contributed by atoms with E-state index < -0.39 is 5.91 Å². The van der Waals surface area contributed by atoms with Crippen LogP contribution in [-0.2, 0) is 0 Å². The summed E-state index contributed by atoms with van der Waals surface area (Å²) >= 11 is 1.25. The minimum atomic E-state index is -0.550. The number of para-hydroxylation sites is 1. The van der Waals surface area contributed by atoms with Crippen molar-refractivity contribution in [2.24, 2.45) is 0 Å². The number of anilines is 1. The fourth-order valence-electron chi connectivity index (χ4n) is 2.84. The summed E-state index contributed by atoms with van der Waals surface area (Å²) in [6.07, 6.45) is 0. The smallest absolute Gasteiger partial charge is 0.293 e. The molecule has 0 aliphatic carbocycles. The van der Waals surface area contributed by atoms with Crippen LogP contribution in [0, 0.1) is 0 Å². The van der Waals surface area contributed by atoms with Gasteiger partial charge in [-0.2, -0.15) is 0 Å².